The first kappa shape index (κ1) is 35.4. The molecule has 8 unspecified atom stereocenters. The first-order chi connectivity index (χ1) is 30.2. The average molecular weight is 797 g/mol. The van der Waals surface area contributed by atoms with Gasteiger partial charge in [0.05, 0.1) is 22.8 Å². The zero-order valence-corrected chi connectivity index (χ0v) is 35.6. The maximum Gasteiger partial charge on any atom is 0.0778 e. The molecule has 0 saturated heterocycles. The van der Waals surface area contributed by atoms with Crippen molar-refractivity contribution < 1.29 is 0 Å². The summed E-state index contributed by atoms with van der Waals surface area (Å²) in [6.45, 7) is 2.30. The first-order valence-corrected chi connectivity index (χ1v) is 24.3. The Kier molecular flexibility index (Phi) is 7.77. The molecule has 2 N–H and O–H groups in total. The molecule has 12 aliphatic carbocycles. The van der Waals surface area contributed by atoms with Gasteiger partial charge in [0.25, 0.3) is 0 Å². The van der Waals surface area contributed by atoms with Gasteiger partial charge in [-0.2, -0.15) is 0 Å². The van der Waals surface area contributed by atoms with Gasteiger partial charge in [-0.25, -0.2) is 9.97 Å². The smallest absolute Gasteiger partial charge is 0.0778 e. The van der Waals surface area contributed by atoms with E-state index in [1.54, 1.807) is 0 Å². The fraction of sp³-hybridized carbons (Fsp3) is 0.404. The Hall–Kier alpha value is -5.22. The van der Waals surface area contributed by atoms with Crippen LogP contribution in [0.1, 0.15) is 165 Å². The van der Waals surface area contributed by atoms with Crippen LogP contribution in [0.5, 0.6) is 0 Å². The maximum absolute atomic E-state index is 5.95. The van der Waals surface area contributed by atoms with Gasteiger partial charge >= 0.3 is 0 Å². The molecule has 16 bridgehead atoms. The van der Waals surface area contributed by atoms with E-state index in [4.69, 9.17) is 9.97 Å². The number of aromatic amines is 2. The lowest BCUT2D eigenvalue weighted by Crippen LogP contribution is -2.20. The molecule has 8 atom stereocenters. The van der Waals surface area contributed by atoms with Gasteiger partial charge < -0.3 is 9.97 Å². The number of rotatable bonds is 7. The number of hydrogen-bond donors (Lipinski definition) is 2. The molecule has 304 valence electrons. The number of allylic oxidation sites excluding steroid dienone is 12. The van der Waals surface area contributed by atoms with E-state index in [0.29, 0.717) is 47.3 Å². The van der Waals surface area contributed by atoms with Crippen LogP contribution in [0.3, 0.4) is 0 Å². The van der Waals surface area contributed by atoms with Crippen molar-refractivity contribution in [2.24, 2.45) is 23.7 Å². The van der Waals surface area contributed by atoms with E-state index in [1.807, 2.05) is 0 Å². The molecule has 1 aromatic carbocycles. The number of fused-ring (bicyclic) bond motifs is 12. The Labute approximate surface area is 359 Å². The second kappa shape index (κ2) is 13.4. The summed E-state index contributed by atoms with van der Waals surface area (Å²) in [5, 5.41) is 0. The van der Waals surface area contributed by atoms with E-state index < -0.39 is 0 Å². The third-order valence-corrected chi connectivity index (χ3v) is 16.9. The van der Waals surface area contributed by atoms with Crippen molar-refractivity contribution in [3.8, 4) is 11.1 Å². The van der Waals surface area contributed by atoms with Crippen molar-refractivity contribution in [2.75, 3.05) is 0 Å². The third kappa shape index (κ3) is 5.17. The fourth-order valence-electron chi connectivity index (χ4n) is 14.1. The second-order valence-electron chi connectivity index (χ2n) is 20.3. The summed E-state index contributed by atoms with van der Waals surface area (Å²) in [5.41, 5.74) is 25.8. The Morgan fingerprint density at radius 3 is 1.26 bits per heavy atom. The summed E-state index contributed by atoms with van der Waals surface area (Å²) in [6.07, 6.45) is 37.5. The second-order valence-corrected chi connectivity index (χ2v) is 20.3. The van der Waals surface area contributed by atoms with Crippen molar-refractivity contribution in [3.63, 3.8) is 0 Å². The lowest BCUT2D eigenvalue weighted by Gasteiger charge is -2.34. The minimum Gasteiger partial charge on any atom is -0.355 e. The number of H-pyrrole nitrogens is 2. The van der Waals surface area contributed by atoms with Crippen molar-refractivity contribution in [2.45, 2.75) is 120 Å². The van der Waals surface area contributed by atoms with E-state index in [1.165, 1.54) is 190 Å². The van der Waals surface area contributed by atoms with Crippen LogP contribution >= 0.6 is 0 Å². The molecule has 0 radical (unpaired) electrons. The van der Waals surface area contributed by atoms with E-state index in [9.17, 15) is 0 Å². The number of hydrogen-bond acceptors (Lipinski definition) is 2. The van der Waals surface area contributed by atoms with Crippen LogP contribution in [0.25, 0.3) is 55.5 Å². The third-order valence-electron chi connectivity index (χ3n) is 16.9. The predicted octanol–water partition coefficient (Wildman–Crippen LogP) is 14.6. The highest BCUT2D eigenvalue weighted by molar-refractivity contribution is 6.06. The molecule has 0 saturated carbocycles. The minimum atomic E-state index is 0.379. The van der Waals surface area contributed by atoms with Gasteiger partial charge in [0.15, 0.2) is 0 Å². The zero-order chi connectivity index (χ0) is 39.9. The van der Waals surface area contributed by atoms with Crippen LogP contribution in [0.4, 0.5) is 0 Å². The van der Waals surface area contributed by atoms with Gasteiger partial charge in [0.1, 0.15) is 0 Å². The number of benzene rings is 1. The van der Waals surface area contributed by atoms with Crippen molar-refractivity contribution >= 4 is 44.4 Å². The molecule has 0 fully saturated rings. The highest BCUT2D eigenvalue weighted by atomic mass is 14.8. The minimum absolute atomic E-state index is 0.379. The molecule has 2 aliphatic heterocycles. The average Bonchev–Trinajstić information content (AvgIpc) is 4.10. The molecule has 18 rings (SSSR count). The molecule has 4 nitrogen and oxygen atoms in total. The Bertz CT molecular complexity index is 2770. The highest BCUT2D eigenvalue weighted by Gasteiger charge is 2.43. The number of aromatic nitrogens is 4. The monoisotopic (exact) mass is 796 g/mol. The molecule has 4 aromatic rings. The van der Waals surface area contributed by atoms with Gasteiger partial charge in [0, 0.05) is 75.0 Å². The lowest BCUT2D eigenvalue weighted by atomic mass is 9.68. The SMILES string of the molecule is CCCCCCCc1ccc(-c2c3nc(cc4[nH]c(cc5[nH]c(cc6nc2C2=C6C6C=CC2CC6)c2c5C5C=CC2CC5)c2c4C4C=CC2CC4)C2=C3C3C=CC2CC3)cc1. The summed E-state index contributed by atoms with van der Waals surface area (Å²) in [6, 6.07) is 17.2. The molecule has 0 amide bonds. The van der Waals surface area contributed by atoms with E-state index in [-0.39, 0.29) is 0 Å². The molecule has 5 heterocycles. The van der Waals surface area contributed by atoms with Crippen LogP contribution in [-0.2, 0) is 6.42 Å². The van der Waals surface area contributed by atoms with Gasteiger partial charge in [-0.05, 0) is 138 Å². The molecule has 3 aromatic heterocycles. The van der Waals surface area contributed by atoms with E-state index >= 15 is 0 Å². The van der Waals surface area contributed by atoms with E-state index in [0.717, 1.165) is 6.42 Å². The molecule has 0 spiro atoms. The summed E-state index contributed by atoms with van der Waals surface area (Å²) in [7, 11) is 0. The maximum atomic E-state index is 5.95. The Morgan fingerprint density at radius 1 is 0.443 bits per heavy atom. The summed E-state index contributed by atoms with van der Waals surface area (Å²) in [5.74, 6) is 3.36. The Morgan fingerprint density at radius 2 is 0.836 bits per heavy atom. The van der Waals surface area contributed by atoms with Crippen molar-refractivity contribution in [1.29, 1.82) is 0 Å². The normalized spacial score (nSPS) is 28.9. The molecule has 4 heteroatoms. The van der Waals surface area contributed by atoms with Crippen molar-refractivity contribution in [1.82, 2.24) is 19.9 Å². The van der Waals surface area contributed by atoms with Gasteiger partial charge in [0.2, 0.25) is 0 Å². The summed E-state index contributed by atoms with van der Waals surface area (Å²) < 4.78 is 0. The van der Waals surface area contributed by atoms with Crippen LogP contribution in [0, 0.1) is 23.7 Å². The summed E-state index contributed by atoms with van der Waals surface area (Å²) in [4.78, 5) is 20.2. The van der Waals surface area contributed by atoms with E-state index in [2.05, 4.69) is 108 Å². The van der Waals surface area contributed by atoms with Crippen molar-refractivity contribution in [3.05, 3.63) is 142 Å². The summed E-state index contributed by atoms with van der Waals surface area (Å²) >= 11 is 0. The Balaban J connectivity index is 1.10. The fourth-order valence-corrected chi connectivity index (χ4v) is 14.1. The van der Waals surface area contributed by atoms with Crippen LogP contribution < -0.4 is 0 Å². The molecule has 61 heavy (non-hydrogen) atoms. The van der Waals surface area contributed by atoms with Gasteiger partial charge in [-0.15, -0.1) is 0 Å². The topological polar surface area (TPSA) is 57.4 Å². The van der Waals surface area contributed by atoms with Crippen LogP contribution in [0.15, 0.2) is 91.1 Å². The largest absolute Gasteiger partial charge is 0.355 e. The molecular weight excluding hydrogens is 741 g/mol. The number of nitrogens with one attached hydrogen (secondary N) is 2. The van der Waals surface area contributed by atoms with Gasteiger partial charge in [-0.3, -0.25) is 0 Å². The van der Waals surface area contributed by atoms with Crippen LogP contribution in [-0.4, -0.2) is 19.9 Å². The quantitative estimate of drug-likeness (QED) is 0.145. The molecular formula is C57H56N4. The number of nitrogens with zero attached hydrogens (tertiary/aromatic N) is 2. The highest BCUT2D eigenvalue weighted by Crippen LogP contribution is 2.58. The standard InChI is InChI=1S/C57H56N4/c1-2-3-4-5-6-7-31-8-10-40(11-9-31)55-56-53-38-24-20-36(21-25-38)51(53)45(60-56)29-43-49-34-16-12-32(13-17-34)47(49)41(58-43)28-42-48-33-14-18-35(19-15-33)50(48)44(59-42)30-46-52-37-22-26-39(27-23-37)54(52)57(55)61-46/h8-12,14,16,18,20,22,24,26,28-30,32-39,58-59H,2-7,13,15,17,19,21,23,25,27H2,1H3. The van der Waals surface area contributed by atoms with Gasteiger partial charge in [-0.1, -0.05) is 105 Å². The zero-order valence-electron chi connectivity index (χ0n) is 35.6. The number of unbranched alkanes of at least 4 members (excludes halogenated alkanes) is 4. The van der Waals surface area contributed by atoms with Crippen LogP contribution in [0.2, 0.25) is 0 Å². The number of aryl methyl sites for hydroxylation is 1. The predicted molar refractivity (Wildman–Crippen MR) is 251 cm³/mol. The lowest BCUT2D eigenvalue weighted by molar-refractivity contribution is 0.557. The molecule has 14 aliphatic rings. The first-order valence-electron chi connectivity index (χ1n) is 24.3.